The van der Waals surface area contributed by atoms with Gasteiger partial charge in [0, 0.05) is 0 Å². The SMILES string of the molecule is Cc1nc(OCCC(C)(C)C#N)nc(O)c1-c1ccccc1. The van der Waals surface area contributed by atoms with Gasteiger partial charge in [-0.05, 0) is 32.8 Å². The number of benzene rings is 1. The van der Waals surface area contributed by atoms with Gasteiger partial charge in [-0.25, -0.2) is 0 Å². The monoisotopic (exact) mass is 297 g/mol. The van der Waals surface area contributed by atoms with Crippen molar-refractivity contribution in [1.82, 2.24) is 9.97 Å². The molecule has 0 bridgehead atoms. The Bertz CT molecular complexity index is 668. The van der Waals surface area contributed by atoms with Crippen LogP contribution in [-0.4, -0.2) is 21.7 Å². The third-order valence-corrected chi connectivity index (χ3v) is 3.37. The van der Waals surface area contributed by atoms with Gasteiger partial charge in [-0.1, -0.05) is 30.3 Å². The van der Waals surface area contributed by atoms with Gasteiger partial charge in [-0.3, -0.25) is 0 Å². The zero-order valence-electron chi connectivity index (χ0n) is 13.0. The van der Waals surface area contributed by atoms with Crippen LogP contribution >= 0.6 is 0 Å². The molecule has 22 heavy (non-hydrogen) atoms. The van der Waals surface area contributed by atoms with Crippen molar-refractivity contribution < 1.29 is 9.84 Å². The summed E-state index contributed by atoms with van der Waals surface area (Å²) >= 11 is 0. The van der Waals surface area contributed by atoms with Gasteiger partial charge in [0.25, 0.3) is 0 Å². The maximum absolute atomic E-state index is 10.1. The number of aromatic nitrogens is 2. The minimum absolute atomic E-state index is 0.103. The second kappa shape index (κ2) is 6.44. The van der Waals surface area contributed by atoms with Crippen molar-refractivity contribution in [3.63, 3.8) is 0 Å². The van der Waals surface area contributed by atoms with Crippen LogP contribution in [-0.2, 0) is 0 Å². The Balaban J connectivity index is 2.16. The minimum Gasteiger partial charge on any atom is -0.493 e. The van der Waals surface area contributed by atoms with E-state index in [9.17, 15) is 5.11 Å². The van der Waals surface area contributed by atoms with Gasteiger partial charge < -0.3 is 9.84 Å². The Morgan fingerprint density at radius 3 is 2.50 bits per heavy atom. The molecule has 0 saturated heterocycles. The number of ether oxygens (including phenoxy) is 1. The molecule has 0 spiro atoms. The van der Waals surface area contributed by atoms with Crippen LogP contribution in [0, 0.1) is 23.7 Å². The van der Waals surface area contributed by atoms with Crippen molar-refractivity contribution in [2.75, 3.05) is 6.61 Å². The Kier molecular flexibility index (Phi) is 4.62. The van der Waals surface area contributed by atoms with Crippen LogP contribution in [0.15, 0.2) is 30.3 Å². The maximum Gasteiger partial charge on any atom is 0.319 e. The van der Waals surface area contributed by atoms with E-state index in [0.29, 0.717) is 24.3 Å². The summed E-state index contributed by atoms with van der Waals surface area (Å²) in [5, 5.41) is 19.1. The second-order valence-electron chi connectivity index (χ2n) is 5.75. The van der Waals surface area contributed by atoms with E-state index in [1.165, 1.54) is 0 Å². The fraction of sp³-hybridized carbons (Fsp3) is 0.353. The topological polar surface area (TPSA) is 79.0 Å². The highest BCUT2D eigenvalue weighted by Crippen LogP contribution is 2.31. The second-order valence-corrected chi connectivity index (χ2v) is 5.75. The lowest BCUT2D eigenvalue weighted by atomic mass is 9.92. The van der Waals surface area contributed by atoms with Crippen LogP contribution in [0.5, 0.6) is 11.9 Å². The average molecular weight is 297 g/mol. The number of nitriles is 1. The lowest BCUT2D eigenvalue weighted by Crippen LogP contribution is -2.14. The van der Waals surface area contributed by atoms with E-state index in [1.54, 1.807) is 6.92 Å². The molecule has 0 aliphatic rings. The third kappa shape index (κ3) is 3.73. The van der Waals surface area contributed by atoms with Crippen molar-refractivity contribution in [2.45, 2.75) is 27.2 Å². The molecule has 0 unspecified atom stereocenters. The Morgan fingerprint density at radius 2 is 1.91 bits per heavy atom. The van der Waals surface area contributed by atoms with Crippen LogP contribution < -0.4 is 4.74 Å². The summed E-state index contributed by atoms with van der Waals surface area (Å²) in [5.74, 6) is -0.103. The molecule has 0 fully saturated rings. The molecular weight excluding hydrogens is 278 g/mol. The molecule has 0 atom stereocenters. The van der Waals surface area contributed by atoms with E-state index in [4.69, 9.17) is 10.00 Å². The lowest BCUT2D eigenvalue weighted by Gasteiger charge is -2.15. The first-order chi connectivity index (χ1) is 10.4. The highest BCUT2D eigenvalue weighted by Gasteiger charge is 2.18. The largest absolute Gasteiger partial charge is 0.493 e. The molecule has 0 aliphatic carbocycles. The Labute approximate surface area is 130 Å². The molecule has 0 amide bonds. The van der Waals surface area contributed by atoms with Crippen molar-refractivity contribution in [1.29, 1.82) is 5.26 Å². The predicted molar refractivity (Wildman–Crippen MR) is 83.4 cm³/mol. The van der Waals surface area contributed by atoms with Crippen LogP contribution in [0.3, 0.4) is 0 Å². The first-order valence-corrected chi connectivity index (χ1v) is 7.10. The molecule has 2 aromatic rings. The summed E-state index contributed by atoms with van der Waals surface area (Å²) in [7, 11) is 0. The fourth-order valence-electron chi connectivity index (χ4n) is 1.99. The summed E-state index contributed by atoms with van der Waals surface area (Å²) in [5.41, 5.74) is 1.65. The molecule has 0 saturated carbocycles. The molecule has 1 N–H and O–H groups in total. The van der Waals surface area contributed by atoms with E-state index in [1.807, 2.05) is 44.2 Å². The van der Waals surface area contributed by atoms with Crippen LogP contribution in [0.2, 0.25) is 0 Å². The van der Waals surface area contributed by atoms with Crippen LogP contribution in [0.4, 0.5) is 0 Å². The number of aromatic hydroxyl groups is 1. The molecule has 0 radical (unpaired) electrons. The first kappa shape index (κ1) is 15.8. The number of nitrogens with zero attached hydrogens (tertiary/aromatic N) is 3. The first-order valence-electron chi connectivity index (χ1n) is 7.10. The van der Waals surface area contributed by atoms with Gasteiger partial charge in [0.2, 0.25) is 5.88 Å². The third-order valence-electron chi connectivity index (χ3n) is 3.37. The number of hydrogen-bond acceptors (Lipinski definition) is 5. The van der Waals surface area contributed by atoms with E-state index >= 15 is 0 Å². The van der Waals surface area contributed by atoms with Gasteiger partial charge in [0.1, 0.15) is 0 Å². The molecule has 5 heteroatoms. The highest BCUT2D eigenvalue weighted by molar-refractivity contribution is 5.70. The van der Waals surface area contributed by atoms with Gasteiger partial charge in [0.05, 0.1) is 29.3 Å². The van der Waals surface area contributed by atoms with Crippen molar-refractivity contribution in [2.24, 2.45) is 5.41 Å². The predicted octanol–water partition coefficient (Wildman–Crippen LogP) is 3.48. The average Bonchev–Trinajstić information content (AvgIpc) is 2.47. The summed E-state index contributed by atoms with van der Waals surface area (Å²) in [6, 6.07) is 11.8. The molecule has 5 nitrogen and oxygen atoms in total. The van der Waals surface area contributed by atoms with Gasteiger partial charge in [-0.15, -0.1) is 0 Å². The van der Waals surface area contributed by atoms with Crippen molar-refractivity contribution >= 4 is 0 Å². The van der Waals surface area contributed by atoms with E-state index in [-0.39, 0.29) is 11.9 Å². The lowest BCUT2D eigenvalue weighted by molar-refractivity contribution is 0.244. The fourth-order valence-corrected chi connectivity index (χ4v) is 1.99. The number of hydrogen-bond donors (Lipinski definition) is 1. The maximum atomic E-state index is 10.1. The molecule has 1 aromatic heterocycles. The van der Waals surface area contributed by atoms with E-state index < -0.39 is 5.41 Å². The summed E-state index contributed by atoms with van der Waals surface area (Å²) in [6.07, 6.45) is 0.563. The normalized spacial score (nSPS) is 11.0. The molecular formula is C17H19N3O2. The Hall–Kier alpha value is -2.61. The van der Waals surface area contributed by atoms with Gasteiger partial charge in [-0.2, -0.15) is 15.2 Å². The van der Waals surface area contributed by atoms with E-state index in [2.05, 4.69) is 16.0 Å². The molecule has 1 aromatic carbocycles. The summed E-state index contributed by atoms with van der Waals surface area (Å²) < 4.78 is 5.46. The molecule has 2 rings (SSSR count). The highest BCUT2D eigenvalue weighted by atomic mass is 16.5. The summed E-state index contributed by atoms with van der Waals surface area (Å²) in [4.78, 5) is 8.27. The quantitative estimate of drug-likeness (QED) is 0.914. The summed E-state index contributed by atoms with van der Waals surface area (Å²) in [6.45, 7) is 5.82. The molecule has 1 heterocycles. The van der Waals surface area contributed by atoms with Gasteiger partial charge in [0.15, 0.2) is 0 Å². The number of aryl methyl sites for hydroxylation is 1. The molecule has 114 valence electrons. The van der Waals surface area contributed by atoms with Crippen LogP contribution in [0.1, 0.15) is 26.0 Å². The van der Waals surface area contributed by atoms with E-state index in [0.717, 1.165) is 5.56 Å². The standard InChI is InChI=1S/C17H19N3O2/c1-12-14(13-7-5-4-6-8-13)15(21)20-16(19-12)22-10-9-17(2,3)11-18/h4-8H,9-10H2,1-3H3,(H,19,20,21). The smallest absolute Gasteiger partial charge is 0.319 e. The Morgan fingerprint density at radius 1 is 1.23 bits per heavy atom. The van der Waals surface area contributed by atoms with Crippen LogP contribution in [0.25, 0.3) is 11.1 Å². The number of rotatable bonds is 5. The zero-order valence-corrected chi connectivity index (χ0v) is 13.0. The minimum atomic E-state index is -0.457. The molecule has 0 aliphatic heterocycles. The van der Waals surface area contributed by atoms with Crippen molar-refractivity contribution in [3.8, 4) is 29.1 Å². The van der Waals surface area contributed by atoms with Crippen molar-refractivity contribution in [3.05, 3.63) is 36.0 Å². The van der Waals surface area contributed by atoms with Gasteiger partial charge >= 0.3 is 6.01 Å². The zero-order chi connectivity index (χ0) is 16.2.